The molecule has 1 aliphatic rings. The maximum absolute atomic E-state index is 12.2. The van der Waals surface area contributed by atoms with Crippen LogP contribution in [-0.4, -0.2) is 46.2 Å². The molecule has 2 aromatic rings. The molecule has 2 amide bonds. The molecule has 1 fully saturated rings. The summed E-state index contributed by atoms with van der Waals surface area (Å²) in [5.74, 6) is 0.233. The molecule has 1 aromatic heterocycles. The minimum Gasteiger partial charge on any atom is -0.406 e. The third kappa shape index (κ3) is 5.86. The van der Waals surface area contributed by atoms with Crippen LogP contribution in [0.1, 0.15) is 10.4 Å². The largest absolute Gasteiger partial charge is 0.573 e. The van der Waals surface area contributed by atoms with Crippen molar-refractivity contribution in [1.29, 1.82) is 0 Å². The molecule has 0 spiro atoms. The Morgan fingerprint density at radius 1 is 1.30 bits per heavy atom. The molecule has 0 atom stereocenters. The summed E-state index contributed by atoms with van der Waals surface area (Å²) in [6.07, 6.45) is -2.66. The van der Waals surface area contributed by atoms with Gasteiger partial charge in [-0.2, -0.15) is 0 Å². The molecule has 1 aliphatic heterocycles. The summed E-state index contributed by atoms with van der Waals surface area (Å²) in [6, 6.07) is 5.57. The summed E-state index contributed by atoms with van der Waals surface area (Å²) in [7, 11) is 0. The fraction of sp³-hybridized carbons (Fsp3) is 0.312. The van der Waals surface area contributed by atoms with Gasteiger partial charge < -0.3 is 15.0 Å². The highest BCUT2D eigenvalue weighted by Crippen LogP contribution is 2.25. The molecule has 2 heterocycles. The Labute approximate surface area is 160 Å². The molecule has 0 bridgehead atoms. The molecular weight excluding hydrogens is 403 g/mol. The van der Waals surface area contributed by atoms with Crippen molar-refractivity contribution in [3.8, 4) is 5.75 Å². The van der Waals surface area contributed by atoms with Crippen molar-refractivity contribution in [2.45, 2.75) is 12.8 Å². The average molecular weight is 417 g/mol. The van der Waals surface area contributed by atoms with Gasteiger partial charge in [0, 0.05) is 17.5 Å². The van der Waals surface area contributed by atoms with E-state index in [1.807, 2.05) is 0 Å². The number of amides is 2. The maximum Gasteiger partial charge on any atom is 0.573 e. The van der Waals surface area contributed by atoms with Crippen LogP contribution in [0.5, 0.6) is 5.75 Å². The summed E-state index contributed by atoms with van der Waals surface area (Å²) in [4.78, 5) is 29.9. The van der Waals surface area contributed by atoms with E-state index in [0.29, 0.717) is 23.2 Å². The highest BCUT2D eigenvalue weighted by Gasteiger charge is 2.31. The first-order valence-corrected chi connectivity index (χ1v) is 9.70. The van der Waals surface area contributed by atoms with Gasteiger partial charge in [0.05, 0.1) is 11.6 Å². The summed E-state index contributed by atoms with van der Waals surface area (Å²) >= 11 is 2.73. The molecule has 0 aliphatic carbocycles. The van der Waals surface area contributed by atoms with Crippen LogP contribution in [0.4, 0.5) is 18.3 Å². The number of ether oxygens (including phenoxy) is 1. The number of halogens is 3. The lowest BCUT2D eigenvalue weighted by atomic mass is 10.1. The highest BCUT2D eigenvalue weighted by atomic mass is 32.2. The van der Waals surface area contributed by atoms with E-state index in [0.717, 1.165) is 10.4 Å². The number of nitrogens with one attached hydrogen (secondary N) is 1. The van der Waals surface area contributed by atoms with Crippen molar-refractivity contribution in [3.63, 3.8) is 0 Å². The Morgan fingerprint density at radius 3 is 2.67 bits per heavy atom. The fourth-order valence-electron chi connectivity index (χ4n) is 2.33. The Bertz CT molecular complexity index is 824. The number of alkyl halides is 3. The molecule has 1 N–H and O–H groups in total. The Kier molecular flexibility index (Phi) is 5.90. The van der Waals surface area contributed by atoms with E-state index in [1.165, 1.54) is 52.3 Å². The van der Waals surface area contributed by atoms with Gasteiger partial charge in [-0.3, -0.25) is 9.59 Å². The van der Waals surface area contributed by atoms with Crippen LogP contribution >= 0.6 is 23.1 Å². The van der Waals surface area contributed by atoms with Crippen molar-refractivity contribution in [3.05, 3.63) is 40.9 Å². The van der Waals surface area contributed by atoms with Crippen molar-refractivity contribution < 1.29 is 27.5 Å². The Balaban J connectivity index is 1.53. The predicted octanol–water partition coefficient (Wildman–Crippen LogP) is 3.10. The normalized spacial score (nSPS) is 14.5. The van der Waals surface area contributed by atoms with Gasteiger partial charge in [-0.05, 0) is 17.7 Å². The zero-order valence-corrected chi connectivity index (χ0v) is 15.4. The number of benzene rings is 1. The van der Waals surface area contributed by atoms with E-state index in [1.54, 1.807) is 6.20 Å². The summed E-state index contributed by atoms with van der Waals surface area (Å²) in [5, 5.41) is 3.06. The number of aromatic nitrogens is 1. The Hall–Kier alpha value is -2.27. The highest BCUT2D eigenvalue weighted by molar-refractivity contribution is 8.00. The fourth-order valence-corrected chi connectivity index (χ4v) is 4.10. The number of hydrogen-bond acceptors (Lipinski definition) is 6. The SMILES string of the molecule is O=C(CN1CSCC1=O)Nc1ncc(Cc2ccc(OC(F)(F)F)cc2)s1. The van der Waals surface area contributed by atoms with Gasteiger partial charge in [0.15, 0.2) is 5.13 Å². The quantitative estimate of drug-likeness (QED) is 0.782. The number of hydrogen-bond donors (Lipinski definition) is 1. The number of thiazole rings is 1. The van der Waals surface area contributed by atoms with E-state index in [9.17, 15) is 22.8 Å². The second-order valence-electron chi connectivity index (χ2n) is 5.62. The first kappa shape index (κ1) is 19.5. The van der Waals surface area contributed by atoms with Crippen molar-refractivity contribution >= 4 is 40.0 Å². The smallest absolute Gasteiger partial charge is 0.406 e. The van der Waals surface area contributed by atoms with Crippen LogP contribution in [0.15, 0.2) is 30.5 Å². The summed E-state index contributed by atoms with van der Waals surface area (Å²) in [6.45, 7) is -0.0125. The number of thioether (sulfide) groups is 1. The summed E-state index contributed by atoms with van der Waals surface area (Å²) < 4.78 is 40.3. The van der Waals surface area contributed by atoms with Crippen LogP contribution in [0.3, 0.4) is 0 Å². The monoisotopic (exact) mass is 417 g/mol. The minimum absolute atomic E-state index is 0.0125. The van der Waals surface area contributed by atoms with E-state index in [2.05, 4.69) is 15.0 Å². The van der Waals surface area contributed by atoms with Gasteiger partial charge in [-0.15, -0.1) is 36.3 Å². The van der Waals surface area contributed by atoms with Crippen molar-refractivity contribution in [2.75, 3.05) is 23.5 Å². The van der Waals surface area contributed by atoms with E-state index in [4.69, 9.17) is 0 Å². The molecule has 0 saturated carbocycles. The van der Waals surface area contributed by atoms with Gasteiger partial charge in [0.2, 0.25) is 11.8 Å². The molecule has 27 heavy (non-hydrogen) atoms. The topological polar surface area (TPSA) is 71.5 Å². The van der Waals surface area contributed by atoms with E-state index >= 15 is 0 Å². The van der Waals surface area contributed by atoms with Gasteiger partial charge in [-0.25, -0.2) is 4.98 Å². The van der Waals surface area contributed by atoms with Gasteiger partial charge in [0.1, 0.15) is 12.3 Å². The van der Waals surface area contributed by atoms with E-state index < -0.39 is 6.36 Å². The van der Waals surface area contributed by atoms with Crippen LogP contribution in [0.2, 0.25) is 0 Å². The first-order valence-electron chi connectivity index (χ1n) is 7.73. The average Bonchev–Trinajstić information content (AvgIpc) is 3.17. The van der Waals surface area contributed by atoms with Crippen LogP contribution in [-0.2, 0) is 16.0 Å². The number of anilines is 1. The Morgan fingerprint density at radius 2 is 2.04 bits per heavy atom. The second-order valence-corrected chi connectivity index (χ2v) is 7.69. The van der Waals surface area contributed by atoms with Crippen molar-refractivity contribution in [2.24, 2.45) is 0 Å². The number of nitrogens with zero attached hydrogens (tertiary/aromatic N) is 2. The molecular formula is C16H14F3N3O3S2. The first-order chi connectivity index (χ1) is 12.8. The van der Waals surface area contributed by atoms with Crippen LogP contribution in [0.25, 0.3) is 0 Å². The van der Waals surface area contributed by atoms with Crippen molar-refractivity contribution in [1.82, 2.24) is 9.88 Å². The predicted molar refractivity (Wildman–Crippen MR) is 95.7 cm³/mol. The van der Waals surface area contributed by atoms with Crippen LogP contribution < -0.4 is 10.1 Å². The minimum atomic E-state index is -4.72. The van der Waals surface area contributed by atoms with Crippen LogP contribution in [0, 0.1) is 0 Å². The molecule has 6 nitrogen and oxygen atoms in total. The lowest BCUT2D eigenvalue weighted by Gasteiger charge is -2.12. The third-order valence-corrected chi connectivity index (χ3v) is 5.35. The maximum atomic E-state index is 12.2. The second kappa shape index (κ2) is 8.17. The molecule has 1 aromatic carbocycles. The number of rotatable bonds is 6. The standard InChI is InChI=1S/C16H14F3N3O3S2/c17-16(18,19)25-11-3-1-10(2-4-11)5-12-6-20-15(27-12)21-13(23)7-22-9-26-8-14(22)24/h1-4,6H,5,7-9H2,(H,20,21,23). The molecule has 0 radical (unpaired) electrons. The van der Waals surface area contributed by atoms with Gasteiger partial charge in [0.25, 0.3) is 0 Å². The lowest BCUT2D eigenvalue weighted by molar-refractivity contribution is -0.274. The van der Waals surface area contributed by atoms with E-state index in [-0.39, 0.29) is 24.1 Å². The molecule has 1 saturated heterocycles. The van der Waals surface area contributed by atoms with Gasteiger partial charge >= 0.3 is 6.36 Å². The zero-order chi connectivity index (χ0) is 19.4. The molecule has 0 unspecified atom stereocenters. The summed E-state index contributed by atoms with van der Waals surface area (Å²) in [5.41, 5.74) is 0.783. The molecule has 3 rings (SSSR count). The number of carbonyl (C=O) groups is 2. The lowest BCUT2D eigenvalue weighted by Crippen LogP contribution is -2.34. The number of carbonyl (C=O) groups excluding carboxylic acids is 2. The zero-order valence-electron chi connectivity index (χ0n) is 13.8. The molecule has 11 heteroatoms. The van der Waals surface area contributed by atoms with Gasteiger partial charge in [-0.1, -0.05) is 12.1 Å². The molecule has 144 valence electrons. The third-order valence-electron chi connectivity index (χ3n) is 3.50.